The molecule has 0 unspecified atom stereocenters. The van der Waals surface area contributed by atoms with Crippen molar-refractivity contribution >= 4 is 23.0 Å². The molecule has 5 aromatic rings. The molecule has 7 heteroatoms. The molecule has 0 spiro atoms. The second kappa shape index (κ2) is 11.5. The van der Waals surface area contributed by atoms with Crippen LogP contribution in [-0.2, 0) is 6.54 Å². The number of hydrogen-bond acceptors (Lipinski definition) is 4. The zero-order valence-corrected chi connectivity index (χ0v) is 24.1. The molecule has 0 amide bonds. The lowest BCUT2D eigenvalue weighted by atomic mass is 9.96. The normalized spacial score (nSPS) is 16.5. The zero-order chi connectivity index (χ0) is 28.3. The Bertz CT molecular complexity index is 1630. The Balaban J connectivity index is 1.35. The van der Waals surface area contributed by atoms with Crippen molar-refractivity contribution in [1.29, 1.82) is 0 Å². The predicted octanol–water partition coefficient (Wildman–Crippen LogP) is 7.53. The van der Waals surface area contributed by atoms with E-state index in [1.807, 2.05) is 54.7 Å². The minimum absolute atomic E-state index is 0.0820. The van der Waals surface area contributed by atoms with Crippen molar-refractivity contribution in [3.8, 4) is 17.2 Å². The first-order valence-electron chi connectivity index (χ1n) is 13.6. The van der Waals surface area contributed by atoms with E-state index in [1.165, 1.54) is 22.5 Å². The number of aromatic nitrogens is 2. The number of anilines is 1. The highest BCUT2D eigenvalue weighted by molar-refractivity contribution is 7.80. The van der Waals surface area contributed by atoms with Crippen molar-refractivity contribution in [2.45, 2.75) is 32.5 Å². The third kappa shape index (κ3) is 5.41. The van der Waals surface area contributed by atoms with Gasteiger partial charge in [0.1, 0.15) is 17.2 Å². The van der Waals surface area contributed by atoms with Gasteiger partial charge in [-0.3, -0.25) is 4.98 Å². The Morgan fingerprint density at radius 3 is 2.15 bits per heavy atom. The maximum absolute atomic E-state index is 6.08. The van der Waals surface area contributed by atoms with Gasteiger partial charge in [0.15, 0.2) is 5.11 Å². The summed E-state index contributed by atoms with van der Waals surface area (Å²) in [4.78, 5) is 6.92. The summed E-state index contributed by atoms with van der Waals surface area (Å²) in [6.07, 6.45) is 1.84. The molecule has 1 aliphatic heterocycles. The van der Waals surface area contributed by atoms with E-state index in [9.17, 15) is 0 Å². The minimum Gasteiger partial charge on any atom is -0.497 e. The van der Waals surface area contributed by atoms with Gasteiger partial charge in [-0.15, -0.1) is 0 Å². The first-order chi connectivity index (χ1) is 20.0. The molecule has 3 heterocycles. The van der Waals surface area contributed by atoms with E-state index in [2.05, 4.69) is 83.2 Å². The van der Waals surface area contributed by atoms with Crippen molar-refractivity contribution in [2.75, 3.05) is 12.0 Å². The Morgan fingerprint density at radius 1 is 0.829 bits per heavy atom. The van der Waals surface area contributed by atoms with Crippen molar-refractivity contribution in [2.24, 2.45) is 0 Å². The molecule has 1 N–H and O–H groups in total. The van der Waals surface area contributed by atoms with Gasteiger partial charge in [-0.2, -0.15) is 0 Å². The molecule has 3 aromatic carbocycles. The summed E-state index contributed by atoms with van der Waals surface area (Å²) in [7, 11) is 1.65. The highest BCUT2D eigenvalue weighted by Gasteiger charge is 2.42. The Labute approximate surface area is 246 Å². The van der Waals surface area contributed by atoms with Crippen molar-refractivity contribution in [3.05, 3.63) is 138 Å². The molecule has 1 aliphatic rings. The van der Waals surface area contributed by atoms with Gasteiger partial charge in [0.25, 0.3) is 0 Å². The standard InChI is InChI=1S/C34H32N4O2S/c1-23-21-30(24(2)37(23)22-25-9-5-4-6-10-25)33-32(31-11-7-8-20-35-31)36-34(41)38(33)26-12-14-28(15-13-26)40-29-18-16-27(39-3)17-19-29/h4-21,32-33H,22H2,1-3H3,(H,36,41)/t32-,33-/m0/s1. The van der Waals surface area contributed by atoms with Crippen LogP contribution >= 0.6 is 12.2 Å². The lowest BCUT2D eigenvalue weighted by Crippen LogP contribution is -2.29. The van der Waals surface area contributed by atoms with Gasteiger partial charge in [0, 0.05) is 29.8 Å². The molecule has 0 aliphatic carbocycles. The van der Waals surface area contributed by atoms with Crippen LogP contribution in [0.4, 0.5) is 5.69 Å². The highest BCUT2D eigenvalue weighted by atomic mass is 32.1. The number of hydrogen-bond donors (Lipinski definition) is 1. The smallest absolute Gasteiger partial charge is 0.174 e. The number of thiocarbonyl (C=S) groups is 1. The van der Waals surface area contributed by atoms with Crippen LogP contribution in [0.15, 0.2) is 109 Å². The molecule has 206 valence electrons. The van der Waals surface area contributed by atoms with Crippen LogP contribution in [0.2, 0.25) is 0 Å². The summed E-state index contributed by atoms with van der Waals surface area (Å²) in [5.74, 6) is 2.28. The van der Waals surface area contributed by atoms with Crippen LogP contribution in [0.25, 0.3) is 0 Å². The van der Waals surface area contributed by atoms with Gasteiger partial charge in [0.2, 0.25) is 0 Å². The van der Waals surface area contributed by atoms with E-state index in [0.29, 0.717) is 5.11 Å². The molecular weight excluding hydrogens is 528 g/mol. The average molecular weight is 561 g/mol. The molecule has 6 nitrogen and oxygen atoms in total. The summed E-state index contributed by atoms with van der Waals surface area (Å²) in [6, 6.07) is 34.3. The van der Waals surface area contributed by atoms with Gasteiger partial charge in [-0.1, -0.05) is 36.4 Å². The monoisotopic (exact) mass is 560 g/mol. The number of ether oxygens (including phenoxy) is 2. The summed E-state index contributed by atoms with van der Waals surface area (Å²) >= 11 is 5.96. The molecular formula is C34H32N4O2S. The lowest BCUT2D eigenvalue weighted by molar-refractivity contribution is 0.413. The molecule has 1 fully saturated rings. The van der Waals surface area contributed by atoms with Gasteiger partial charge in [-0.05, 0) is 104 Å². The predicted molar refractivity (Wildman–Crippen MR) is 167 cm³/mol. The van der Waals surface area contributed by atoms with E-state index >= 15 is 0 Å². The molecule has 6 rings (SSSR count). The van der Waals surface area contributed by atoms with Crippen molar-refractivity contribution in [1.82, 2.24) is 14.9 Å². The van der Waals surface area contributed by atoms with Gasteiger partial charge in [-0.25, -0.2) is 0 Å². The van der Waals surface area contributed by atoms with Crippen LogP contribution < -0.4 is 19.7 Å². The molecule has 0 saturated carbocycles. The van der Waals surface area contributed by atoms with Crippen LogP contribution in [0, 0.1) is 13.8 Å². The highest BCUT2D eigenvalue weighted by Crippen LogP contribution is 2.43. The van der Waals surface area contributed by atoms with Crippen LogP contribution in [0.5, 0.6) is 17.2 Å². The topological polar surface area (TPSA) is 51.6 Å². The molecule has 41 heavy (non-hydrogen) atoms. The quantitative estimate of drug-likeness (QED) is 0.198. The number of methoxy groups -OCH3 is 1. The maximum Gasteiger partial charge on any atom is 0.174 e. The molecule has 0 bridgehead atoms. The largest absolute Gasteiger partial charge is 0.497 e. The Morgan fingerprint density at radius 2 is 1.49 bits per heavy atom. The van der Waals surface area contributed by atoms with E-state index in [1.54, 1.807) is 7.11 Å². The van der Waals surface area contributed by atoms with Gasteiger partial charge in [0.05, 0.1) is 24.9 Å². The Hall–Kier alpha value is -4.62. The van der Waals surface area contributed by atoms with E-state index in [0.717, 1.165) is 35.2 Å². The number of nitrogens with one attached hydrogen (secondary N) is 1. The summed E-state index contributed by atoms with van der Waals surface area (Å²) in [6.45, 7) is 5.19. The SMILES string of the molecule is COc1ccc(Oc2ccc(N3C(=S)N[C@@H](c4ccccn4)[C@@H]3c3cc(C)n(Cc4ccccc4)c3C)cc2)cc1. The summed E-state index contributed by atoms with van der Waals surface area (Å²) in [5, 5.41) is 4.25. The third-order valence-electron chi connectivity index (χ3n) is 7.62. The molecule has 0 radical (unpaired) electrons. The van der Waals surface area contributed by atoms with Gasteiger partial charge >= 0.3 is 0 Å². The Kier molecular flexibility index (Phi) is 7.44. The van der Waals surface area contributed by atoms with Crippen LogP contribution in [-0.4, -0.2) is 21.8 Å². The van der Waals surface area contributed by atoms with Crippen LogP contribution in [0.3, 0.4) is 0 Å². The molecule has 2 aromatic heterocycles. The number of aryl methyl sites for hydroxylation is 1. The maximum atomic E-state index is 6.08. The number of nitrogens with zero attached hydrogens (tertiary/aromatic N) is 3. The zero-order valence-electron chi connectivity index (χ0n) is 23.3. The lowest BCUT2D eigenvalue weighted by Gasteiger charge is -2.28. The second-order valence-corrected chi connectivity index (χ2v) is 10.6. The number of pyridine rings is 1. The fourth-order valence-electron chi connectivity index (χ4n) is 5.54. The van der Waals surface area contributed by atoms with Crippen molar-refractivity contribution in [3.63, 3.8) is 0 Å². The number of benzene rings is 3. The van der Waals surface area contributed by atoms with Gasteiger partial charge < -0.3 is 24.3 Å². The van der Waals surface area contributed by atoms with Crippen molar-refractivity contribution < 1.29 is 9.47 Å². The van der Waals surface area contributed by atoms with E-state index < -0.39 is 0 Å². The summed E-state index contributed by atoms with van der Waals surface area (Å²) in [5.41, 5.74) is 6.86. The first kappa shape index (κ1) is 26.6. The fourth-order valence-corrected chi connectivity index (χ4v) is 5.89. The van der Waals surface area contributed by atoms with E-state index in [4.69, 9.17) is 26.7 Å². The minimum atomic E-state index is -0.107. The molecule has 2 atom stereocenters. The molecule has 1 saturated heterocycles. The summed E-state index contributed by atoms with van der Waals surface area (Å²) < 4.78 is 13.7. The second-order valence-electron chi connectivity index (χ2n) is 10.2. The average Bonchev–Trinajstić information content (AvgIpc) is 3.49. The third-order valence-corrected chi connectivity index (χ3v) is 7.94. The number of rotatable bonds is 8. The fraction of sp³-hybridized carbons (Fsp3) is 0.176. The van der Waals surface area contributed by atoms with Crippen LogP contribution in [0.1, 0.15) is 40.3 Å². The van der Waals surface area contributed by atoms with E-state index in [-0.39, 0.29) is 12.1 Å². The first-order valence-corrected chi connectivity index (χ1v) is 14.1.